The number of nitrogens with two attached hydrogens (primary N) is 1. The van der Waals surface area contributed by atoms with E-state index in [-0.39, 0.29) is 11.9 Å². The third-order valence-electron chi connectivity index (χ3n) is 2.74. The van der Waals surface area contributed by atoms with Gasteiger partial charge in [0.25, 0.3) is 0 Å². The van der Waals surface area contributed by atoms with Crippen molar-refractivity contribution in [1.82, 2.24) is 9.97 Å². The first-order chi connectivity index (χ1) is 8.13. The van der Waals surface area contributed by atoms with E-state index in [1.165, 1.54) is 11.8 Å². The van der Waals surface area contributed by atoms with Crippen molar-refractivity contribution in [2.24, 2.45) is 5.73 Å². The molecule has 2 rings (SSSR count). The van der Waals surface area contributed by atoms with Gasteiger partial charge in [-0.15, -0.1) is 0 Å². The Kier molecular flexibility index (Phi) is 3.88. The maximum Gasteiger partial charge on any atom is 0.240 e. The molecule has 2 heterocycles. The van der Waals surface area contributed by atoms with E-state index in [1.807, 2.05) is 11.2 Å². The SMILES string of the molecule is CSc1ncc(Br)c(N2CCCC2C(N)=O)n1. The molecule has 1 aliphatic rings. The highest BCUT2D eigenvalue weighted by Crippen LogP contribution is 2.30. The molecule has 7 heteroatoms. The number of hydrogen-bond donors (Lipinski definition) is 1. The number of rotatable bonds is 3. The molecule has 1 aromatic rings. The van der Waals surface area contributed by atoms with Crippen LogP contribution in [0.1, 0.15) is 12.8 Å². The van der Waals surface area contributed by atoms with Crippen LogP contribution in [-0.2, 0) is 4.79 Å². The van der Waals surface area contributed by atoms with E-state index in [1.54, 1.807) is 6.20 Å². The first-order valence-electron chi connectivity index (χ1n) is 5.26. The fourth-order valence-corrected chi connectivity index (χ4v) is 2.71. The van der Waals surface area contributed by atoms with Gasteiger partial charge in [-0.05, 0) is 35.0 Å². The molecule has 0 aromatic carbocycles. The highest BCUT2D eigenvalue weighted by molar-refractivity contribution is 9.10. The summed E-state index contributed by atoms with van der Waals surface area (Å²) in [6.07, 6.45) is 5.38. The van der Waals surface area contributed by atoms with Gasteiger partial charge < -0.3 is 10.6 Å². The zero-order chi connectivity index (χ0) is 12.4. The van der Waals surface area contributed by atoms with Crippen LogP contribution in [-0.4, -0.2) is 34.7 Å². The molecule has 17 heavy (non-hydrogen) atoms. The summed E-state index contributed by atoms with van der Waals surface area (Å²) in [6, 6.07) is -0.254. The quantitative estimate of drug-likeness (QED) is 0.674. The zero-order valence-electron chi connectivity index (χ0n) is 9.39. The molecule has 1 unspecified atom stereocenters. The average molecular weight is 317 g/mol. The molecule has 1 amide bonds. The largest absolute Gasteiger partial charge is 0.368 e. The van der Waals surface area contributed by atoms with Crippen LogP contribution in [0.25, 0.3) is 0 Å². The van der Waals surface area contributed by atoms with Crippen LogP contribution in [0.2, 0.25) is 0 Å². The Morgan fingerprint density at radius 3 is 3.12 bits per heavy atom. The van der Waals surface area contributed by atoms with Crippen LogP contribution < -0.4 is 10.6 Å². The minimum atomic E-state index is -0.293. The van der Waals surface area contributed by atoms with Gasteiger partial charge in [0.05, 0.1) is 4.47 Å². The second-order valence-electron chi connectivity index (χ2n) is 3.78. The maximum absolute atomic E-state index is 11.4. The number of carbonyl (C=O) groups excluding carboxylic acids is 1. The minimum absolute atomic E-state index is 0.254. The molecule has 92 valence electrons. The third-order valence-corrected chi connectivity index (χ3v) is 3.86. The van der Waals surface area contributed by atoms with Gasteiger partial charge in [-0.3, -0.25) is 4.79 Å². The van der Waals surface area contributed by atoms with Gasteiger partial charge in [0.15, 0.2) is 5.16 Å². The monoisotopic (exact) mass is 316 g/mol. The van der Waals surface area contributed by atoms with Crippen molar-refractivity contribution in [2.75, 3.05) is 17.7 Å². The number of hydrogen-bond acceptors (Lipinski definition) is 5. The predicted octanol–water partition coefficient (Wildman–Crippen LogP) is 1.42. The molecule has 0 spiro atoms. The van der Waals surface area contributed by atoms with Gasteiger partial charge in [-0.25, -0.2) is 9.97 Å². The number of amides is 1. The number of halogens is 1. The Hall–Kier alpha value is -0.820. The Morgan fingerprint density at radius 2 is 2.47 bits per heavy atom. The molecule has 0 saturated carbocycles. The number of primary amides is 1. The van der Waals surface area contributed by atoms with Crippen molar-refractivity contribution < 1.29 is 4.79 Å². The molecule has 0 bridgehead atoms. The standard InChI is InChI=1S/C10H13BrN4OS/c1-17-10-13-5-6(11)9(14-10)15-4-2-3-7(15)8(12)16/h5,7H,2-4H2,1H3,(H2,12,16). The minimum Gasteiger partial charge on any atom is -0.368 e. The number of carbonyl (C=O) groups is 1. The smallest absolute Gasteiger partial charge is 0.240 e. The van der Waals surface area contributed by atoms with Crippen LogP contribution in [0.4, 0.5) is 5.82 Å². The van der Waals surface area contributed by atoms with Gasteiger partial charge in [-0.1, -0.05) is 11.8 Å². The lowest BCUT2D eigenvalue weighted by atomic mass is 10.2. The lowest BCUT2D eigenvalue weighted by Gasteiger charge is -2.24. The Morgan fingerprint density at radius 1 is 1.71 bits per heavy atom. The molecule has 1 saturated heterocycles. The second-order valence-corrected chi connectivity index (χ2v) is 5.41. The maximum atomic E-state index is 11.4. The van der Waals surface area contributed by atoms with Crippen LogP contribution >= 0.6 is 27.7 Å². The zero-order valence-corrected chi connectivity index (χ0v) is 11.8. The lowest BCUT2D eigenvalue weighted by Crippen LogP contribution is -2.41. The van der Waals surface area contributed by atoms with E-state index < -0.39 is 0 Å². The van der Waals surface area contributed by atoms with Crippen molar-refractivity contribution in [3.05, 3.63) is 10.7 Å². The van der Waals surface area contributed by atoms with Crippen molar-refractivity contribution >= 4 is 39.4 Å². The summed E-state index contributed by atoms with van der Waals surface area (Å²) in [5.74, 6) is 0.462. The van der Waals surface area contributed by atoms with Crippen LogP contribution in [0.15, 0.2) is 15.8 Å². The second kappa shape index (κ2) is 5.22. The number of nitrogens with zero attached hydrogens (tertiary/aromatic N) is 3. The molecular formula is C10H13BrN4OS. The van der Waals surface area contributed by atoms with Crippen molar-refractivity contribution in [1.29, 1.82) is 0 Å². The highest BCUT2D eigenvalue weighted by Gasteiger charge is 2.31. The molecule has 1 atom stereocenters. The molecule has 1 fully saturated rings. The van der Waals surface area contributed by atoms with Crippen LogP contribution in [0, 0.1) is 0 Å². The first kappa shape index (κ1) is 12.6. The first-order valence-corrected chi connectivity index (χ1v) is 7.27. The topological polar surface area (TPSA) is 72.1 Å². The van der Waals surface area contributed by atoms with Crippen molar-refractivity contribution in [2.45, 2.75) is 24.0 Å². The van der Waals surface area contributed by atoms with Gasteiger partial charge in [0.1, 0.15) is 11.9 Å². The Bertz CT molecular complexity index is 442. The van der Waals surface area contributed by atoms with E-state index in [0.717, 1.165) is 29.7 Å². The summed E-state index contributed by atoms with van der Waals surface area (Å²) < 4.78 is 0.795. The Labute approximate surface area is 112 Å². The van der Waals surface area contributed by atoms with Gasteiger partial charge in [0.2, 0.25) is 5.91 Å². The molecule has 1 aromatic heterocycles. The van der Waals surface area contributed by atoms with E-state index in [4.69, 9.17) is 5.73 Å². The fourth-order valence-electron chi connectivity index (χ4n) is 1.96. The fraction of sp³-hybridized carbons (Fsp3) is 0.500. The van der Waals surface area contributed by atoms with Gasteiger partial charge >= 0.3 is 0 Å². The third kappa shape index (κ3) is 2.55. The van der Waals surface area contributed by atoms with E-state index in [9.17, 15) is 4.79 Å². The average Bonchev–Trinajstić information content (AvgIpc) is 2.78. The number of thioether (sulfide) groups is 1. The molecule has 1 aliphatic heterocycles. The summed E-state index contributed by atoms with van der Waals surface area (Å²) in [5, 5.41) is 0.693. The summed E-state index contributed by atoms with van der Waals surface area (Å²) in [5.41, 5.74) is 5.40. The lowest BCUT2D eigenvalue weighted by molar-refractivity contribution is -0.119. The summed E-state index contributed by atoms with van der Waals surface area (Å²) >= 11 is 4.89. The predicted molar refractivity (Wildman–Crippen MR) is 71.1 cm³/mol. The summed E-state index contributed by atoms with van der Waals surface area (Å²) in [7, 11) is 0. The number of anilines is 1. The number of aromatic nitrogens is 2. The summed E-state index contributed by atoms with van der Waals surface area (Å²) in [4.78, 5) is 21.9. The molecule has 2 N–H and O–H groups in total. The van der Waals surface area contributed by atoms with Crippen LogP contribution in [0.5, 0.6) is 0 Å². The van der Waals surface area contributed by atoms with Crippen LogP contribution in [0.3, 0.4) is 0 Å². The van der Waals surface area contributed by atoms with E-state index >= 15 is 0 Å². The molecular weight excluding hydrogens is 304 g/mol. The molecule has 0 aliphatic carbocycles. The Balaban J connectivity index is 2.35. The molecule has 0 radical (unpaired) electrons. The van der Waals surface area contributed by atoms with Gasteiger partial charge in [0, 0.05) is 12.7 Å². The van der Waals surface area contributed by atoms with E-state index in [0.29, 0.717) is 5.16 Å². The van der Waals surface area contributed by atoms with E-state index in [2.05, 4.69) is 25.9 Å². The highest BCUT2D eigenvalue weighted by atomic mass is 79.9. The van der Waals surface area contributed by atoms with Gasteiger partial charge in [-0.2, -0.15) is 0 Å². The summed E-state index contributed by atoms with van der Waals surface area (Å²) in [6.45, 7) is 0.803. The van der Waals surface area contributed by atoms with Crippen molar-refractivity contribution in [3.63, 3.8) is 0 Å². The van der Waals surface area contributed by atoms with Crippen molar-refractivity contribution in [3.8, 4) is 0 Å². The normalized spacial score (nSPS) is 19.6. The molecule has 5 nitrogen and oxygen atoms in total.